The molecule has 2 aromatic carbocycles. The molecule has 4 nitrogen and oxygen atoms in total. The monoisotopic (exact) mass is 535 g/mol. The van der Waals surface area contributed by atoms with Gasteiger partial charge >= 0.3 is 6.18 Å². The molecule has 2 aliphatic rings. The third-order valence-corrected chi connectivity index (χ3v) is 7.83. The fourth-order valence-corrected chi connectivity index (χ4v) is 5.56. The van der Waals surface area contributed by atoms with Gasteiger partial charge in [0.2, 0.25) is 0 Å². The minimum atomic E-state index is -4.71. The summed E-state index contributed by atoms with van der Waals surface area (Å²) in [5.74, 6) is -2.28. The fraction of sp³-hybridized carbons (Fsp3) is 0.333. The van der Waals surface area contributed by atoms with Crippen LogP contribution in [0.3, 0.4) is 0 Å². The number of nitrogens with one attached hydrogen (secondary N) is 1. The quantitative estimate of drug-likeness (QED) is 0.263. The van der Waals surface area contributed by atoms with Crippen LogP contribution in [-0.4, -0.2) is 10.9 Å². The highest BCUT2D eigenvalue weighted by Gasteiger charge is 2.45. The number of carbonyl (C=O) groups is 1. The van der Waals surface area contributed by atoms with E-state index in [1.807, 2.05) is 0 Å². The molecule has 3 aromatic rings. The van der Waals surface area contributed by atoms with Crippen LogP contribution >= 0.6 is 11.6 Å². The lowest BCUT2D eigenvalue weighted by molar-refractivity contribution is -0.141. The lowest BCUT2D eigenvalue weighted by Gasteiger charge is -2.30. The van der Waals surface area contributed by atoms with Gasteiger partial charge in [-0.05, 0) is 91.3 Å². The number of nitrogen functional groups attached to an aromatic ring is 1. The molecule has 0 aliphatic heterocycles. The second-order valence-electron chi connectivity index (χ2n) is 9.90. The molecular weight excluding hydrogens is 513 g/mol. The second-order valence-corrected chi connectivity index (χ2v) is 10.3. The number of pyridine rings is 1. The molecule has 3 N–H and O–H groups in total. The summed E-state index contributed by atoms with van der Waals surface area (Å²) < 4.78 is 68.7. The molecule has 1 aromatic heterocycles. The van der Waals surface area contributed by atoms with Gasteiger partial charge in [0.15, 0.2) is 5.82 Å². The van der Waals surface area contributed by atoms with E-state index >= 15 is 4.39 Å². The standard InChI is InChI=1S/C27H23ClF5N3O/c28-20-13-19(17-2-1-15(29)11-18(17)14-3-6-26(7-4-14)8-9-26)23(30)24(34)22(20)25(37)36-16-5-10-35-21(12-16)27(31,32)33/h1-2,5,10-14H,3-4,6-9,34H2,(H,35,36,37). The van der Waals surface area contributed by atoms with Gasteiger partial charge in [0.1, 0.15) is 11.5 Å². The summed E-state index contributed by atoms with van der Waals surface area (Å²) >= 11 is 6.36. The topological polar surface area (TPSA) is 68.0 Å². The average Bonchev–Trinajstić information content (AvgIpc) is 3.60. The van der Waals surface area contributed by atoms with Crippen LogP contribution in [0.2, 0.25) is 5.02 Å². The number of anilines is 2. The van der Waals surface area contributed by atoms with Crippen molar-refractivity contribution in [1.82, 2.24) is 4.98 Å². The number of hydrogen-bond acceptors (Lipinski definition) is 3. The predicted octanol–water partition coefficient (Wildman–Crippen LogP) is 7.97. The van der Waals surface area contributed by atoms with Gasteiger partial charge in [0.05, 0.1) is 16.3 Å². The first kappa shape index (κ1) is 25.4. The highest BCUT2D eigenvalue weighted by molar-refractivity contribution is 6.35. The fourth-order valence-electron chi connectivity index (χ4n) is 5.26. The number of benzene rings is 2. The maximum absolute atomic E-state index is 15.6. The van der Waals surface area contributed by atoms with Gasteiger partial charge in [0, 0.05) is 17.4 Å². The maximum atomic E-state index is 15.6. The maximum Gasteiger partial charge on any atom is 0.433 e. The van der Waals surface area contributed by atoms with Gasteiger partial charge in [-0.1, -0.05) is 17.7 Å². The number of amides is 1. The number of alkyl halides is 3. The van der Waals surface area contributed by atoms with Crippen LogP contribution < -0.4 is 11.1 Å². The molecule has 5 rings (SSSR count). The number of aromatic nitrogens is 1. The van der Waals surface area contributed by atoms with E-state index in [0.717, 1.165) is 37.9 Å². The molecule has 1 heterocycles. The molecule has 194 valence electrons. The van der Waals surface area contributed by atoms with Gasteiger partial charge in [-0.25, -0.2) is 8.78 Å². The molecule has 37 heavy (non-hydrogen) atoms. The number of nitrogens with zero attached hydrogens (tertiary/aromatic N) is 1. The molecule has 2 fully saturated rings. The number of nitrogens with two attached hydrogens (primary N) is 1. The molecule has 0 saturated heterocycles. The third kappa shape index (κ3) is 5.01. The Balaban J connectivity index is 1.47. The Labute approximate surface area is 215 Å². The van der Waals surface area contributed by atoms with E-state index in [1.165, 1.54) is 37.1 Å². The summed E-state index contributed by atoms with van der Waals surface area (Å²) in [6, 6.07) is 7.18. The summed E-state index contributed by atoms with van der Waals surface area (Å²) in [5, 5.41) is 2.08. The van der Waals surface area contributed by atoms with Crippen LogP contribution in [0.1, 0.15) is 66.1 Å². The Bertz CT molecular complexity index is 1380. The largest absolute Gasteiger partial charge is 0.433 e. The van der Waals surface area contributed by atoms with Crippen molar-refractivity contribution >= 4 is 28.9 Å². The average molecular weight is 536 g/mol. The molecule has 10 heteroatoms. The zero-order chi connectivity index (χ0) is 26.5. The van der Waals surface area contributed by atoms with Crippen molar-refractivity contribution in [3.8, 4) is 11.1 Å². The zero-order valence-corrected chi connectivity index (χ0v) is 20.3. The zero-order valence-electron chi connectivity index (χ0n) is 19.6. The summed E-state index contributed by atoms with van der Waals surface area (Å²) in [7, 11) is 0. The smallest absolute Gasteiger partial charge is 0.396 e. The Hall–Kier alpha value is -3.20. The third-order valence-electron chi connectivity index (χ3n) is 7.53. The Morgan fingerprint density at radius 2 is 1.73 bits per heavy atom. The molecule has 2 aliphatic carbocycles. The van der Waals surface area contributed by atoms with Crippen LogP contribution in [0.25, 0.3) is 11.1 Å². The van der Waals surface area contributed by atoms with E-state index in [1.54, 1.807) is 0 Å². The lowest BCUT2D eigenvalue weighted by Crippen LogP contribution is -2.17. The number of carbonyl (C=O) groups excluding carboxylic acids is 1. The van der Waals surface area contributed by atoms with Crippen LogP contribution in [0.4, 0.5) is 33.3 Å². The molecule has 0 atom stereocenters. The van der Waals surface area contributed by atoms with Gasteiger partial charge in [-0.2, -0.15) is 13.2 Å². The Morgan fingerprint density at radius 3 is 2.38 bits per heavy atom. The second kappa shape index (κ2) is 9.28. The predicted molar refractivity (Wildman–Crippen MR) is 131 cm³/mol. The number of halogens is 6. The van der Waals surface area contributed by atoms with E-state index < -0.39 is 40.7 Å². The van der Waals surface area contributed by atoms with E-state index in [0.29, 0.717) is 22.6 Å². The molecule has 1 amide bonds. The van der Waals surface area contributed by atoms with Crippen molar-refractivity contribution in [3.05, 3.63) is 76.1 Å². The first-order chi connectivity index (χ1) is 17.5. The highest BCUT2D eigenvalue weighted by atomic mass is 35.5. The van der Waals surface area contributed by atoms with Crippen LogP contribution in [-0.2, 0) is 6.18 Å². The van der Waals surface area contributed by atoms with Gasteiger partial charge in [-0.15, -0.1) is 0 Å². The van der Waals surface area contributed by atoms with Gasteiger partial charge in [-0.3, -0.25) is 9.78 Å². The minimum Gasteiger partial charge on any atom is -0.396 e. The summed E-state index contributed by atoms with van der Waals surface area (Å²) in [6.07, 6.45) is 2.44. The first-order valence-electron chi connectivity index (χ1n) is 11.9. The van der Waals surface area contributed by atoms with Gasteiger partial charge in [0.25, 0.3) is 5.91 Å². The van der Waals surface area contributed by atoms with Crippen molar-refractivity contribution in [2.75, 3.05) is 11.1 Å². The van der Waals surface area contributed by atoms with Crippen LogP contribution in [0.15, 0.2) is 42.6 Å². The minimum absolute atomic E-state index is 0.0315. The summed E-state index contributed by atoms with van der Waals surface area (Å²) in [6.45, 7) is 0. The van der Waals surface area contributed by atoms with E-state index in [2.05, 4.69) is 10.3 Å². The van der Waals surface area contributed by atoms with Crippen molar-refractivity contribution in [2.45, 2.75) is 50.6 Å². The molecule has 0 radical (unpaired) electrons. The van der Waals surface area contributed by atoms with Gasteiger partial charge < -0.3 is 11.1 Å². The lowest BCUT2D eigenvalue weighted by atomic mass is 9.75. The summed E-state index contributed by atoms with van der Waals surface area (Å²) in [5.41, 5.74) is 5.18. The van der Waals surface area contributed by atoms with Crippen LogP contribution in [0.5, 0.6) is 0 Å². The van der Waals surface area contributed by atoms with E-state index in [-0.39, 0.29) is 22.2 Å². The van der Waals surface area contributed by atoms with Crippen LogP contribution in [0, 0.1) is 17.0 Å². The SMILES string of the molecule is Nc1c(F)c(-c2ccc(F)cc2C2CCC3(CC2)CC3)cc(Cl)c1C(=O)Nc1ccnc(C(F)(F)F)c1. The first-order valence-corrected chi connectivity index (χ1v) is 12.3. The van der Waals surface area contributed by atoms with Crippen molar-refractivity contribution < 1.29 is 26.7 Å². The molecule has 0 bridgehead atoms. The highest BCUT2D eigenvalue weighted by Crippen LogP contribution is 2.59. The Kier molecular flexibility index (Phi) is 6.38. The molecule has 0 unspecified atom stereocenters. The molecule has 1 spiro atoms. The van der Waals surface area contributed by atoms with Crippen molar-refractivity contribution in [1.29, 1.82) is 0 Å². The van der Waals surface area contributed by atoms with Crippen molar-refractivity contribution in [2.24, 2.45) is 5.41 Å². The molecule has 2 saturated carbocycles. The van der Waals surface area contributed by atoms with E-state index in [9.17, 15) is 22.4 Å². The number of hydrogen-bond donors (Lipinski definition) is 2. The number of rotatable bonds is 4. The summed E-state index contributed by atoms with van der Waals surface area (Å²) in [4.78, 5) is 16.1. The molecular formula is C27H23ClF5N3O. The normalized spacial score (nSPS) is 17.1. The Morgan fingerprint density at radius 1 is 1.03 bits per heavy atom. The van der Waals surface area contributed by atoms with Crippen molar-refractivity contribution in [3.63, 3.8) is 0 Å². The van der Waals surface area contributed by atoms with E-state index in [4.69, 9.17) is 17.3 Å².